The first-order chi connectivity index (χ1) is 11.8. The SMILES string of the molecule is C[Si](C)(C)CCOCn1c(CNC(=O)O)nc2cc(CCN)ccc21. The maximum Gasteiger partial charge on any atom is 0.405 e. The number of hydrogen-bond acceptors (Lipinski definition) is 4. The second-order valence-electron chi connectivity index (χ2n) is 7.32. The zero-order valence-corrected chi connectivity index (χ0v) is 16.2. The first-order valence-corrected chi connectivity index (χ1v) is 12.2. The van der Waals surface area contributed by atoms with Gasteiger partial charge in [-0.25, -0.2) is 9.78 Å². The highest BCUT2D eigenvalue weighted by atomic mass is 28.3. The molecule has 138 valence electrons. The average molecular weight is 365 g/mol. The summed E-state index contributed by atoms with van der Waals surface area (Å²) in [6, 6.07) is 7.12. The van der Waals surface area contributed by atoms with Crippen LogP contribution < -0.4 is 11.1 Å². The molecular weight excluding hydrogens is 336 g/mol. The standard InChI is InChI=1S/C17H28N4O3Si/c1-25(2,3)9-8-24-12-21-15-5-4-13(6-7-18)10-14(15)20-16(21)11-19-17(22)23/h4-5,10,19H,6-9,11-12,18H2,1-3H3,(H,22,23). The normalized spacial score (nSPS) is 11.8. The van der Waals surface area contributed by atoms with E-state index in [-0.39, 0.29) is 6.54 Å². The maximum atomic E-state index is 10.8. The highest BCUT2D eigenvalue weighted by molar-refractivity contribution is 6.76. The van der Waals surface area contributed by atoms with Crippen molar-refractivity contribution in [3.05, 3.63) is 29.6 Å². The van der Waals surface area contributed by atoms with Crippen LogP contribution in [-0.4, -0.2) is 42.0 Å². The van der Waals surface area contributed by atoms with E-state index in [0.717, 1.165) is 29.1 Å². The van der Waals surface area contributed by atoms with Gasteiger partial charge in [-0.1, -0.05) is 25.7 Å². The van der Waals surface area contributed by atoms with Crippen LogP contribution in [0.5, 0.6) is 0 Å². The monoisotopic (exact) mass is 364 g/mol. The highest BCUT2D eigenvalue weighted by Gasteiger charge is 2.14. The largest absolute Gasteiger partial charge is 0.465 e. The summed E-state index contributed by atoms with van der Waals surface area (Å²) in [7, 11) is -1.15. The molecule has 1 aromatic heterocycles. The molecule has 1 heterocycles. The van der Waals surface area contributed by atoms with E-state index in [0.29, 0.717) is 25.7 Å². The third-order valence-electron chi connectivity index (χ3n) is 3.94. The number of rotatable bonds is 9. The molecule has 0 aliphatic heterocycles. The van der Waals surface area contributed by atoms with Crippen LogP contribution in [-0.2, 0) is 24.4 Å². The number of nitrogens with two attached hydrogens (primary N) is 1. The molecule has 0 fully saturated rings. The number of nitrogens with one attached hydrogen (secondary N) is 1. The summed E-state index contributed by atoms with van der Waals surface area (Å²) in [6.07, 6.45) is -0.278. The van der Waals surface area contributed by atoms with Gasteiger partial charge in [0.15, 0.2) is 0 Å². The van der Waals surface area contributed by atoms with Crippen molar-refractivity contribution in [2.24, 2.45) is 5.73 Å². The van der Waals surface area contributed by atoms with E-state index in [4.69, 9.17) is 15.6 Å². The zero-order chi connectivity index (χ0) is 18.4. The highest BCUT2D eigenvalue weighted by Crippen LogP contribution is 2.19. The molecule has 0 unspecified atom stereocenters. The Kier molecular flexibility index (Phi) is 6.57. The number of amides is 1. The van der Waals surface area contributed by atoms with Gasteiger partial charge in [-0.15, -0.1) is 0 Å². The van der Waals surface area contributed by atoms with Crippen molar-refractivity contribution in [1.82, 2.24) is 14.9 Å². The number of carboxylic acid groups (broad SMARTS) is 1. The fraction of sp³-hybridized carbons (Fsp3) is 0.529. The van der Waals surface area contributed by atoms with Crippen molar-refractivity contribution >= 4 is 25.2 Å². The molecule has 0 saturated carbocycles. The lowest BCUT2D eigenvalue weighted by atomic mass is 10.1. The molecule has 7 nitrogen and oxygen atoms in total. The molecule has 8 heteroatoms. The predicted octanol–water partition coefficient (Wildman–Crippen LogP) is 2.62. The van der Waals surface area contributed by atoms with Gasteiger partial charge >= 0.3 is 6.09 Å². The quantitative estimate of drug-likeness (QED) is 0.469. The summed E-state index contributed by atoms with van der Waals surface area (Å²) >= 11 is 0. The first kappa shape index (κ1) is 19.4. The van der Waals surface area contributed by atoms with Crippen LogP contribution in [0.15, 0.2) is 18.2 Å². The van der Waals surface area contributed by atoms with Gasteiger partial charge in [0.05, 0.1) is 17.6 Å². The van der Waals surface area contributed by atoms with E-state index in [2.05, 4.69) is 29.9 Å². The van der Waals surface area contributed by atoms with Crippen LogP contribution >= 0.6 is 0 Å². The van der Waals surface area contributed by atoms with Crippen LogP contribution in [0.2, 0.25) is 25.7 Å². The van der Waals surface area contributed by atoms with Crippen molar-refractivity contribution < 1.29 is 14.6 Å². The molecule has 0 atom stereocenters. The smallest absolute Gasteiger partial charge is 0.405 e. The minimum absolute atomic E-state index is 0.146. The molecule has 1 aromatic carbocycles. The Morgan fingerprint density at radius 3 is 2.80 bits per heavy atom. The fourth-order valence-electron chi connectivity index (χ4n) is 2.52. The van der Waals surface area contributed by atoms with Crippen LogP contribution in [0.4, 0.5) is 4.79 Å². The van der Waals surface area contributed by atoms with Crippen LogP contribution in [0.25, 0.3) is 11.0 Å². The summed E-state index contributed by atoms with van der Waals surface area (Å²) in [4.78, 5) is 15.4. The molecule has 1 amide bonds. The van der Waals surface area contributed by atoms with Crippen molar-refractivity contribution in [3.63, 3.8) is 0 Å². The van der Waals surface area contributed by atoms with Crippen molar-refractivity contribution in [1.29, 1.82) is 0 Å². The molecule has 0 bridgehead atoms. The number of imidazole rings is 1. The summed E-state index contributed by atoms with van der Waals surface area (Å²) in [5.41, 5.74) is 8.52. The lowest BCUT2D eigenvalue weighted by molar-refractivity contribution is 0.0876. The van der Waals surface area contributed by atoms with E-state index in [9.17, 15) is 4.79 Å². The van der Waals surface area contributed by atoms with Gasteiger partial charge in [-0.2, -0.15) is 0 Å². The Morgan fingerprint density at radius 1 is 1.40 bits per heavy atom. The molecule has 4 N–H and O–H groups in total. The number of aromatic nitrogens is 2. The lowest BCUT2D eigenvalue weighted by Crippen LogP contribution is -2.24. The second-order valence-corrected chi connectivity index (χ2v) is 12.9. The van der Waals surface area contributed by atoms with Crippen molar-refractivity contribution in [2.75, 3.05) is 13.2 Å². The van der Waals surface area contributed by atoms with E-state index in [1.165, 1.54) is 0 Å². The first-order valence-electron chi connectivity index (χ1n) is 8.53. The lowest BCUT2D eigenvalue weighted by Gasteiger charge is -2.16. The third-order valence-corrected chi connectivity index (χ3v) is 5.64. The van der Waals surface area contributed by atoms with E-state index >= 15 is 0 Å². The molecule has 0 saturated heterocycles. The van der Waals surface area contributed by atoms with Gasteiger partial charge < -0.3 is 25.5 Å². The number of hydrogen-bond donors (Lipinski definition) is 3. The van der Waals surface area contributed by atoms with E-state index < -0.39 is 14.2 Å². The molecular formula is C17H28N4O3Si. The van der Waals surface area contributed by atoms with Crippen LogP contribution in [0.1, 0.15) is 11.4 Å². The van der Waals surface area contributed by atoms with Crippen molar-refractivity contribution in [2.45, 2.75) is 45.4 Å². The third kappa shape index (κ3) is 5.84. The Hall–Kier alpha value is -1.90. The Balaban J connectivity index is 2.20. The predicted molar refractivity (Wildman–Crippen MR) is 101 cm³/mol. The Morgan fingerprint density at radius 2 is 2.16 bits per heavy atom. The minimum Gasteiger partial charge on any atom is -0.465 e. The number of ether oxygens (including phenoxy) is 1. The van der Waals surface area contributed by atoms with Gasteiger partial charge in [0, 0.05) is 14.7 Å². The molecule has 25 heavy (non-hydrogen) atoms. The number of carbonyl (C=O) groups is 1. The summed E-state index contributed by atoms with van der Waals surface area (Å²) < 4.78 is 7.78. The van der Waals surface area contributed by atoms with Gasteiger partial charge in [0.25, 0.3) is 0 Å². The summed E-state index contributed by atoms with van der Waals surface area (Å²) in [5, 5.41) is 11.3. The molecule has 0 aliphatic carbocycles. The number of fused-ring (bicyclic) bond motifs is 1. The molecule has 0 aliphatic rings. The van der Waals surface area contributed by atoms with Crippen LogP contribution in [0, 0.1) is 0 Å². The molecule has 2 rings (SSSR count). The van der Waals surface area contributed by atoms with Gasteiger partial charge in [-0.05, 0) is 36.7 Å². The Labute approximate surface area is 149 Å². The molecule has 2 aromatic rings. The number of nitrogens with zero attached hydrogens (tertiary/aromatic N) is 2. The van der Waals surface area contributed by atoms with Gasteiger partial charge in [0.1, 0.15) is 12.6 Å². The Bertz CT molecular complexity index is 724. The maximum absolute atomic E-state index is 10.8. The number of benzene rings is 1. The molecule has 0 radical (unpaired) electrons. The summed E-state index contributed by atoms with van der Waals surface area (Å²) in [5.74, 6) is 0.648. The average Bonchev–Trinajstić information content (AvgIpc) is 2.86. The fourth-order valence-corrected chi connectivity index (χ4v) is 3.27. The van der Waals surface area contributed by atoms with Gasteiger partial charge in [-0.3, -0.25) is 0 Å². The zero-order valence-electron chi connectivity index (χ0n) is 15.2. The van der Waals surface area contributed by atoms with E-state index in [1.807, 2.05) is 22.8 Å². The van der Waals surface area contributed by atoms with Crippen molar-refractivity contribution in [3.8, 4) is 0 Å². The second kappa shape index (κ2) is 8.46. The topological polar surface area (TPSA) is 102 Å². The van der Waals surface area contributed by atoms with Crippen LogP contribution in [0.3, 0.4) is 0 Å². The summed E-state index contributed by atoms with van der Waals surface area (Å²) in [6.45, 7) is 8.73. The van der Waals surface area contributed by atoms with Gasteiger partial charge in [0.2, 0.25) is 0 Å². The molecule has 0 spiro atoms. The minimum atomic E-state index is -1.15. The van der Waals surface area contributed by atoms with E-state index in [1.54, 1.807) is 0 Å².